The van der Waals surface area contributed by atoms with Gasteiger partial charge in [-0.3, -0.25) is 13.9 Å². The number of nitrogens with one attached hydrogen (secondary N) is 1. The Labute approximate surface area is 295 Å². The van der Waals surface area contributed by atoms with Crippen LogP contribution in [0.5, 0.6) is 11.5 Å². The number of anilines is 1. The zero-order valence-corrected chi connectivity index (χ0v) is 29.4. The maximum absolute atomic E-state index is 14.7. The minimum Gasteiger partial charge on any atom is -0.457 e. The number of hydrogen-bond donors (Lipinski definition) is 1. The number of carbonyl (C=O) groups is 2. The molecule has 0 saturated carbocycles. The Balaban J connectivity index is 1.56. The highest BCUT2D eigenvalue weighted by atomic mass is 32.2. The lowest BCUT2D eigenvalue weighted by Gasteiger charge is -2.34. The number of hydrogen-bond acceptors (Lipinski definition) is 5. The largest absolute Gasteiger partial charge is 0.457 e. The molecule has 0 heterocycles. The molecular formula is C41H43N3O5S. The van der Waals surface area contributed by atoms with Gasteiger partial charge in [0.05, 0.1) is 10.6 Å². The fraction of sp³-hybridized carbons (Fsp3) is 0.220. The van der Waals surface area contributed by atoms with E-state index in [2.05, 4.69) is 5.32 Å². The number of para-hydroxylation sites is 1. The summed E-state index contributed by atoms with van der Waals surface area (Å²) in [5, 5.41) is 3.07. The third-order valence-corrected chi connectivity index (χ3v) is 10.4. The zero-order chi connectivity index (χ0) is 35.5. The van der Waals surface area contributed by atoms with Gasteiger partial charge in [-0.25, -0.2) is 8.42 Å². The first-order valence-electron chi connectivity index (χ1n) is 16.7. The minimum atomic E-state index is -4.22. The molecule has 2 amide bonds. The van der Waals surface area contributed by atoms with Crippen molar-refractivity contribution in [2.24, 2.45) is 0 Å². The van der Waals surface area contributed by atoms with Gasteiger partial charge < -0.3 is 15.0 Å². The van der Waals surface area contributed by atoms with Crippen LogP contribution in [-0.2, 0) is 32.6 Å². The predicted octanol–water partition coefficient (Wildman–Crippen LogP) is 7.54. The Morgan fingerprint density at radius 2 is 1.30 bits per heavy atom. The minimum absolute atomic E-state index is 0.0400. The van der Waals surface area contributed by atoms with Crippen molar-refractivity contribution < 1.29 is 22.7 Å². The van der Waals surface area contributed by atoms with Crippen molar-refractivity contribution in [1.82, 2.24) is 10.2 Å². The van der Waals surface area contributed by atoms with Gasteiger partial charge in [-0.1, -0.05) is 97.9 Å². The van der Waals surface area contributed by atoms with Gasteiger partial charge in [-0.05, 0) is 85.5 Å². The van der Waals surface area contributed by atoms with E-state index in [1.807, 2.05) is 106 Å². The molecular weight excluding hydrogens is 647 g/mol. The summed E-state index contributed by atoms with van der Waals surface area (Å²) in [6.07, 6.45) is 0.959. The second-order valence-electron chi connectivity index (χ2n) is 12.2. The fourth-order valence-electron chi connectivity index (χ4n) is 5.52. The molecule has 9 heteroatoms. The number of aryl methyl sites for hydroxylation is 1. The van der Waals surface area contributed by atoms with Crippen LogP contribution >= 0.6 is 0 Å². The average molecular weight is 690 g/mol. The summed E-state index contributed by atoms with van der Waals surface area (Å²) in [5.74, 6) is 0.327. The van der Waals surface area contributed by atoms with Gasteiger partial charge in [0.2, 0.25) is 11.8 Å². The van der Waals surface area contributed by atoms with Crippen molar-refractivity contribution >= 4 is 27.5 Å². The van der Waals surface area contributed by atoms with Crippen molar-refractivity contribution in [3.8, 4) is 11.5 Å². The van der Waals surface area contributed by atoms with Crippen LogP contribution in [0.25, 0.3) is 0 Å². The molecule has 8 nitrogen and oxygen atoms in total. The highest BCUT2D eigenvalue weighted by molar-refractivity contribution is 7.92. The van der Waals surface area contributed by atoms with Gasteiger partial charge in [-0.2, -0.15) is 0 Å². The van der Waals surface area contributed by atoms with Crippen LogP contribution in [0.4, 0.5) is 5.69 Å². The molecule has 0 radical (unpaired) electrons. The lowest BCUT2D eigenvalue weighted by Crippen LogP contribution is -2.54. The Morgan fingerprint density at radius 1 is 0.740 bits per heavy atom. The smallest absolute Gasteiger partial charge is 0.264 e. The number of amides is 2. The monoisotopic (exact) mass is 689 g/mol. The topological polar surface area (TPSA) is 96.0 Å². The third kappa shape index (κ3) is 9.18. The number of carbonyl (C=O) groups excluding carboxylic acids is 2. The van der Waals surface area contributed by atoms with Crippen LogP contribution in [0.2, 0.25) is 0 Å². The molecule has 5 aromatic rings. The molecule has 0 aromatic heterocycles. The molecule has 0 fully saturated rings. The van der Waals surface area contributed by atoms with E-state index in [9.17, 15) is 18.0 Å². The van der Waals surface area contributed by atoms with E-state index in [-0.39, 0.29) is 35.5 Å². The first kappa shape index (κ1) is 35.9. The lowest BCUT2D eigenvalue weighted by atomic mass is 10.0. The second kappa shape index (κ2) is 16.8. The molecule has 0 unspecified atom stereocenters. The van der Waals surface area contributed by atoms with E-state index < -0.39 is 28.5 Å². The fourth-order valence-corrected chi connectivity index (χ4v) is 6.95. The van der Waals surface area contributed by atoms with E-state index in [0.717, 1.165) is 21.0 Å². The highest BCUT2D eigenvalue weighted by Gasteiger charge is 2.35. The third-order valence-electron chi connectivity index (χ3n) is 8.59. The molecule has 0 spiro atoms. The van der Waals surface area contributed by atoms with E-state index in [1.54, 1.807) is 42.5 Å². The van der Waals surface area contributed by atoms with E-state index in [1.165, 1.54) is 17.0 Å². The Kier molecular flexibility index (Phi) is 12.1. The Bertz CT molecular complexity index is 1950. The number of ether oxygens (including phenoxy) is 1. The van der Waals surface area contributed by atoms with Crippen LogP contribution < -0.4 is 14.4 Å². The van der Waals surface area contributed by atoms with Gasteiger partial charge in [0, 0.05) is 19.0 Å². The number of rotatable bonds is 15. The first-order chi connectivity index (χ1) is 24.2. The lowest BCUT2D eigenvalue weighted by molar-refractivity contribution is -0.140. The van der Waals surface area contributed by atoms with Gasteiger partial charge in [0.1, 0.15) is 24.1 Å². The second-order valence-corrected chi connectivity index (χ2v) is 14.1. The molecule has 258 valence electrons. The molecule has 1 N–H and O–H groups in total. The van der Waals surface area contributed by atoms with E-state index >= 15 is 0 Å². The molecule has 2 atom stereocenters. The molecule has 50 heavy (non-hydrogen) atoms. The summed E-state index contributed by atoms with van der Waals surface area (Å²) in [5.41, 5.74) is 2.97. The maximum Gasteiger partial charge on any atom is 0.264 e. The molecule has 0 aliphatic carbocycles. The Morgan fingerprint density at radius 3 is 1.92 bits per heavy atom. The average Bonchev–Trinajstić information content (AvgIpc) is 3.14. The van der Waals surface area contributed by atoms with Gasteiger partial charge >= 0.3 is 0 Å². The van der Waals surface area contributed by atoms with Crippen LogP contribution in [-0.4, -0.2) is 43.8 Å². The van der Waals surface area contributed by atoms with Crippen molar-refractivity contribution in [2.75, 3.05) is 10.8 Å². The summed E-state index contributed by atoms with van der Waals surface area (Å²) >= 11 is 0. The molecule has 5 rings (SSSR count). The molecule has 0 aliphatic heterocycles. The molecule has 0 saturated heterocycles. The SMILES string of the molecule is CC[C@@H](C)NC(=O)[C@@H](Cc1ccccc1)N(Cc1ccccc1C)C(=O)CN(c1ccc(Oc2ccccc2)cc1)S(=O)(=O)c1ccccc1. The van der Waals surface area contributed by atoms with Crippen molar-refractivity contribution in [3.05, 3.63) is 156 Å². The number of nitrogens with zero attached hydrogens (tertiary/aromatic N) is 2. The number of sulfonamides is 1. The van der Waals surface area contributed by atoms with Crippen LogP contribution in [0.1, 0.15) is 37.0 Å². The van der Waals surface area contributed by atoms with Gasteiger partial charge in [0.15, 0.2) is 0 Å². The van der Waals surface area contributed by atoms with E-state index in [0.29, 0.717) is 17.9 Å². The van der Waals surface area contributed by atoms with Crippen molar-refractivity contribution in [1.29, 1.82) is 0 Å². The highest BCUT2D eigenvalue weighted by Crippen LogP contribution is 2.29. The summed E-state index contributed by atoms with van der Waals surface area (Å²) in [4.78, 5) is 30.3. The summed E-state index contributed by atoms with van der Waals surface area (Å²) in [6, 6.07) is 40.0. The van der Waals surface area contributed by atoms with Crippen LogP contribution in [0, 0.1) is 6.92 Å². The predicted molar refractivity (Wildman–Crippen MR) is 197 cm³/mol. The molecule has 5 aromatic carbocycles. The zero-order valence-electron chi connectivity index (χ0n) is 28.6. The van der Waals surface area contributed by atoms with Gasteiger partial charge in [-0.15, -0.1) is 0 Å². The number of benzene rings is 5. The normalized spacial score (nSPS) is 12.4. The van der Waals surface area contributed by atoms with Crippen molar-refractivity contribution in [2.45, 2.75) is 57.1 Å². The summed E-state index contributed by atoms with van der Waals surface area (Å²) in [7, 11) is -4.22. The standard InChI is InChI=1S/C41H43N3O5S/c1-4-32(3)42-41(46)39(28-33-17-8-5-9-18-33)43(29-34-19-15-14-16-31(34)2)40(45)30-44(50(47,48)38-22-12-7-13-23-38)35-24-26-37(27-25-35)49-36-20-10-6-11-21-36/h5-27,32,39H,4,28-30H2,1-3H3,(H,42,46)/t32-,39-/m1/s1. The van der Waals surface area contributed by atoms with E-state index in [4.69, 9.17) is 4.74 Å². The van der Waals surface area contributed by atoms with Gasteiger partial charge in [0.25, 0.3) is 10.0 Å². The molecule has 0 aliphatic rings. The van der Waals surface area contributed by atoms with Crippen LogP contribution in [0.15, 0.2) is 144 Å². The Hall–Kier alpha value is -5.41. The quantitative estimate of drug-likeness (QED) is 0.123. The summed E-state index contributed by atoms with van der Waals surface area (Å²) in [6.45, 7) is 5.43. The first-order valence-corrected chi connectivity index (χ1v) is 18.2. The summed E-state index contributed by atoms with van der Waals surface area (Å²) < 4.78 is 35.7. The maximum atomic E-state index is 14.7. The molecule has 0 bridgehead atoms. The van der Waals surface area contributed by atoms with Crippen molar-refractivity contribution in [3.63, 3.8) is 0 Å². The van der Waals surface area contributed by atoms with Crippen LogP contribution in [0.3, 0.4) is 0 Å².